The lowest BCUT2D eigenvalue weighted by Gasteiger charge is -2.30. The molecule has 1 saturated carbocycles. The van der Waals surface area contributed by atoms with Crippen LogP contribution in [0.5, 0.6) is 0 Å². The number of rotatable bonds is 3. The summed E-state index contributed by atoms with van der Waals surface area (Å²) in [5.41, 5.74) is 5.72. The summed E-state index contributed by atoms with van der Waals surface area (Å²) in [5, 5.41) is 0.981. The maximum absolute atomic E-state index is 12.7. The van der Waals surface area contributed by atoms with Crippen LogP contribution in [0.25, 0.3) is 0 Å². The molecule has 1 aromatic heterocycles. The fourth-order valence-corrected chi connectivity index (χ4v) is 4.16. The van der Waals surface area contributed by atoms with Crippen molar-refractivity contribution in [1.29, 1.82) is 0 Å². The minimum atomic E-state index is -0.604. The number of nitrogens with zero attached hydrogens (tertiary/aromatic N) is 4. The quantitative estimate of drug-likeness (QED) is 0.848. The second-order valence-electron chi connectivity index (χ2n) is 6.34. The van der Waals surface area contributed by atoms with Crippen LogP contribution in [-0.2, 0) is 11.2 Å². The van der Waals surface area contributed by atoms with Crippen LogP contribution in [0, 0.1) is 0 Å². The van der Waals surface area contributed by atoms with Gasteiger partial charge in [-0.3, -0.25) is 4.79 Å². The highest BCUT2D eigenvalue weighted by Crippen LogP contribution is 2.29. The minimum absolute atomic E-state index is 0. The zero-order valence-electron chi connectivity index (χ0n) is 14.1. The van der Waals surface area contributed by atoms with Gasteiger partial charge in [0.25, 0.3) is 0 Å². The third kappa shape index (κ3) is 4.50. The molecule has 2 fully saturated rings. The number of carbonyl (C=O) groups excluding carboxylic acids is 1. The van der Waals surface area contributed by atoms with Gasteiger partial charge in [0.2, 0.25) is 11.0 Å². The molecule has 0 unspecified atom stereocenters. The molecule has 0 bridgehead atoms. The zero-order valence-corrected chi connectivity index (χ0v) is 16.5. The molecular weight excluding hydrogens is 369 g/mol. The number of halogens is 2. The SMILES string of the molecule is CCc1nsc(N2CCCN(C(=O)C3(N)CCCC3)CC2)n1.Cl.Cl. The highest BCUT2D eigenvalue weighted by atomic mass is 35.5. The topological polar surface area (TPSA) is 75.4 Å². The molecule has 1 aliphatic carbocycles. The molecule has 2 heterocycles. The monoisotopic (exact) mass is 395 g/mol. The molecule has 6 nitrogen and oxygen atoms in total. The lowest BCUT2D eigenvalue weighted by Crippen LogP contribution is -2.54. The Morgan fingerprint density at radius 2 is 1.88 bits per heavy atom. The van der Waals surface area contributed by atoms with Gasteiger partial charge in [-0.15, -0.1) is 24.8 Å². The van der Waals surface area contributed by atoms with Gasteiger partial charge in [-0.05, 0) is 19.3 Å². The van der Waals surface area contributed by atoms with Crippen molar-refractivity contribution >= 4 is 47.4 Å². The van der Waals surface area contributed by atoms with Gasteiger partial charge in [0.05, 0.1) is 5.54 Å². The van der Waals surface area contributed by atoms with Crippen LogP contribution in [-0.4, -0.2) is 51.9 Å². The molecule has 24 heavy (non-hydrogen) atoms. The van der Waals surface area contributed by atoms with Gasteiger partial charge in [0.15, 0.2) is 0 Å². The molecule has 138 valence electrons. The largest absolute Gasteiger partial charge is 0.345 e. The highest BCUT2D eigenvalue weighted by Gasteiger charge is 2.40. The second-order valence-corrected chi connectivity index (χ2v) is 7.07. The fourth-order valence-electron chi connectivity index (χ4n) is 3.36. The van der Waals surface area contributed by atoms with E-state index in [-0.39, 0.29) is 30.7 Å². The van der Waals surface area contributed by atoms with E-state index in [9.17, 15) is 4.79 Å². The summed E-state index contributed by atoms with van der Waals surface area (Å²) in [6.45, 7) is 5.35. The Morgan fingerprint density at radius 1 is 1.17 bits per heavy atom. The Kier molecular flexibility index (Phi) is 8.19. The summed E-state index contributed by atoms with van der Waals surface area (Å²) in [6, 6.07) is 0. The van der Waals surface area contributed by atoms with E-state index in [1.54, 1.807) is 0 Å². The second kappa shape index (κ2) is 9.17. The Morgan fingerprint density at radius 3 is 2.50 bits per heavy atom. The molecule has 2 aliphatic rings. The van der Waals surface area contributed by atoms with Crippen molar-refractivity contribution in [3.05, 3.63) is 5.82 Å². The van der Waals surface area contributed by atoms with Crippen molar-refractivity contribution in [1.82, 2.24) is 14.3 Å². The number of anilines is 1. The van der Waals surface area contributed by atoms with Crippen LogP contribution in [0.3, 0.4) is 0 Å². The molecule has 1 saturated heterocycles. The van der Waals surface area contributed by atoms with E-state index in [1.807, 2.05) is 4.90 Å². The van der Waals surface area contributed by atoms with Crippen LogP contribution in [0.4, 0.5) is 5.13 Å². The van der Waals surface area contributed by atoms with Crippen LogP contribution in [0.2, 0.25) is 0 Å². The van der Waals surface area contributed by atoms with Gasteiger partial charge in [0.1, 0.15) is 5.82 Å². The van der Waals surface area contributed by atoms with Gasteiger partial charge in [-0.25, -0.2) is 4.98 Å². The number of hydrogen-bond acceptors (Lipinski definition) is 6. The molecule has 1 amide bonds. The number of aromatic nitrogens is 2. The maximum atomic E-state index is 12.7. The van der Waals surface area contributed by atoms with E-state index in [0.717, 1.165) is 75.7 Å². The lowest BCUT2D eigenvalue weighted by atomic mass is 9.97. The zero-order chi connectivity index (χ0) is 15.6. The Bertz CT molecular complexity index is 536. The van der Waals surface area contributed by atoms with Crippen molar-refractivity contribution in [2.75, 3.05) is 31.1 Å². The lowest BCUT2D eigenvalue weighted by molar-refractivity contribution is -0.136. The van der Waals surface area contributed by atoms with E-state index in [4.69, 9.17) is 5.73 Å². The average Bonchev–Trinajstić information content (AvgIpc) is 3.11. The predicted molar refractivity (Wildman–Crippen MR) is 103 cm³/mol. The molecule has 9 heteroatoms. The molecule has 0 aromatic carbocycles. The Balaban J connectivity index is 0.00000144. The van der Waals surface area contributed by atoms with Gasteiger partial charge >= 0.3 is 0 Å². The fraction of sp³-hybridized carbons (Fsp3) is 0.800. The summed E-state index contributed by atoms with van der Waals surface area (Å²) >= 11 is 1.46. The van der Waals surface area contributed by atoms with Crippen LogP contribution < -0.4 is 10.6 Å². The Hall–Kier alpha value is -0.630. The van der Waals surface area contributed by atoms with Crippen LogP contribution in [0.1, 0.15) is 44.9 Å². The van der Waals surface area contributed by atoms with Crippen LogP contribution in [0.15, 0.2) is 0 Å². The number of aryl methyl sites for hydroxylation is 1. The number of amides is 1. The Labute approximate surface area is 160 Å². The molecule has 1 aromatic rings. The van der Waals surface area contributed by atoms with Gasteiger partial charge in [-0.2, -0.15) is 4.37 Å². The third-order valence-corrected chi connectivity index (χ3v) is 5.56. The van der Waals surface area contributed by atoms with Crippen molar-refractivity contribution in [3.8, 4) is 0 Å². The molecular formula is C15H27Cl2N5OS. The molecule has 1 aliphatic heterocycles. The average molecular weight is 396 g/mol. The third-order valence-electron chi connectivity index (χ3n) is 4.75. The van der Waals surface area contributed by atoms with Crippen molar-refractivity contribution < 1.29 is 4.79 Å². The van der Waals surface area contributed by atoms with Gasteiger partial charge < -0.3 is 15.5 Å². The molecule has 0 atom stereocenters. The predicted octanol–water partition coefficient (Wildman–Crippen LogP) is 2.25. The van der Waals surface area contributed by atoms with Gasteiger partial charge in [0, 0.05) is 44.1 Å². The first-order chi connectivity index (χ1) is 10.6. The summed E-state index contributed by atoms with van der Waals surface area (Å²) in [4.78, 5) is 21.5. The smallest absolute Gasteiger partial charge is 0.242 e. The summed E-state index contributed by atoms with van der Waals surface area (Å²) in [5.74, 6) is 1.06. The first-order valence-corrected chi connectivity index (χ1v) is 9.05. The standard InChI is InChI=1S/C15H25N5OS.2ClH/c1-2-12-17-14(22-18-12)20-9-5-8-19(10-11-20)13(21)15(16)6-3-4-7-15;;/h2-11,16H2,1H3;2*1H. The van der Waals surface area contributed by atoms with Crippen molar-refractivity contribution in [2.24, 2.45) is 5.73 Å². The van der Waals surface area contributed by atoms with Gasteiger partial charge in [-0.1, -0.05) is 19.8 Å². The van der Waals surface area contributed by atoms with E-state index in [2.05, 4.69) is 21.2 Å². The normalized spacial score (nSPS) is 20.1. The molecule has 0 spiro atoms. The number of hydrogen-bond donors (Lipinski definition) is 1. The summed E-state index contributed by atoms with van der Waals surface area (Å²) < 4.78 is 4.36. The summed E-state index contributed by atoms with van der Waals surface area (Å²) in [7, 11) is 0. The highest BCUT2D eigenvalue weighted by molar-refractivity contribution is 7.09. The molecule has 2 N–H and O–H groups in total. The molecule has 3 rings (SSSR count). The first kappa shape index (κ1) is 21.4. The van der Waals surface area contributed by atoms with Crippen molar-refractivity contribution in [2.45, 2.75) is 51.0 Å². The first-order valence-electron chi connectivity index (χ1n) is 8.28. The summed E-state index contributed by atoms with van der Waals surface area (Å²) in [6.07, 6.45) is 5.65. The van der Waals surface area contributed by atoms with E-state index < -0.39 is 5.54 Å². The molecule has 0 radical (unpaired) electrons. The minimum Gasteiger partial charge on any atom is -0.345 e. The number of carbonyl (C=O) groups is 1. The van der Waals surface area contributed by atoms with E-state index >= 15 is 0 Å². The van der Waals surface area contributed by atoms with E-state index in [0.29, 0.717) is 0 Å². The maximum Gasteiger partial charge on any atom is 0.242 e. The van der Waals surface area contributed by atoms with Crippen LogP contribution >= 0.6 is 36.3 Å². The van der Waals surface area contributed by atoms with Crippen molar-refractivity contribution in [3.63, 3.8) is 0 Å². The number of nitrogens with two attached hydrogens (primary N) is 1. The van der Waals surface area contributed by atoms with E-state index in [1.165, 1.54) is 11.5 Å².